The van der Waals surface area contributed by atoms with Crippen molar-refractivity contribution in [3.05, 3.63) is 84.4 Å². The van der Waals surface area contributed by atoms with Crippen molar-refractivity contribution in [2.45, 2.75) is 9.79 Å². The minimum Gasteiger partial charge on any atom is -0.321 e. The molecule has 0 aliphatic carbocycles. The fraction of sp³-hybridized carbons (Fsp3) is 0.0500. The summed E-state index contributed by atoms with van der Waals surface area (Å²) in [6.45, 7) is 0. The zero-order valence-corrected chi connectivity index (χ0v) is 17.0. The zero-order chi connectivity index (χ0) is 21.1. The number of amides is 1. The van der Waals surface area contributed by atoms with Crippen LogP contribution >= 0.6 is 0 Å². The van der Waals surface area contributed by atoms with E-state index in [0.717, 1.165) is 6.26 Å². The van der Waals surface area contributed by atoms with Gasteiger partial charge in [-0.1, -0.05) is 30.3 Å². The van der Waals surface area contributed by atoms with E-state index in [0.29, 0.717) is 5.69 Å². The van der Waals surface area contributed by atoms with Gasteiger partial charge >= 0.3 is 0 Å². The van der Waals surface area contributed by atoms with E-state index in [2.05, 4.69) is 10.0 Å². The number of carbonyl (C=O) groups excluding carboxylic acids is 1. The lowest BCUT2D eigenvalue weighted by atomic mass is 10.2. The van der Waals surface area contributed by atoms with Crippen molar-refractivity contribution in [3.8, 4) is 0 Å². The lowest BCUT2D eigenvalue weighted by Crippen LogP contribution is -2.15. The van der Waals surface area contributed by atoms with Gasteiger partial charge in [-0.15, -0.1) is 0 Å². The van der Waals surface area contributed by atoms with Gasteiger partial charge in [0.2, 0.25) is 0 Å². The Hall–Kier alpha value is -3.17. The minimum atomic E-state index is -3.73. The summed E-state index contributed by atoms with van der Waals surface area (Å²) >= 11 is 0. The number of anilines is 2. The van der Waals surface area contributed by atoms with E-state index in [4.69, 9.17) is 0 Å². The molecular formula is C20H18N2O5S2. The quantitative estimate of drug-likeness (QED) is 0.624. The lowest BCUT2D eigenvalue weighted by molar-refractivity contribution is 0.102. The molecule has 0 saturated carbocycles. The largest absolute Gasteiger partial charge is 0.321 e. The molecule has 0 aliphatic heterocycles. The maximum Gasteiger partial charge on any atom is 0.261 e. The topological polar surface area (TPSA) is 109 Å². The van der Waals surface area contributed by atoms with Gasteiger partial charge in [-0.25, -0.2) is 16.8 Å². The van der Waals surface area contributed by atoms with Crippen LogP contribution in [0.1, 0.15) is 10.4 Å². The second-order valence-electron chi connectivity index (χ2n) is 6.22. The highest BCUT2D eigenvalue weighted by molar-refractivity contribution is 7.92. The molecular weight excluding hydrogens is 412 g/mol. The van der Waals surface area contributed by atoms with Gasteiger partial charge in [-0.05, 0) is 48.5 Å². The van der Waals surface area contributed by atoms with Crippen molar-refractivity contribution in [2.24, 2.45) is 0 Å². The highest BCUT2D eigenvalue weighted by atomic mass is 32.2. The molecule has 0 saturated heterocycles. The molecule has 0 spiro atoms. The van der Waals surface area contributed by atoms with Crippen molar-refractivity contribution < 1.29 is 21.6 Å². The molecule has 7 nitrogen and oxygen atoms in total. The molecule has 0 heterocycles. The number of sulfone groups is 1. The number of carbonyl (C=O) groups is 1. The van der Waals surface area contributed by atoms with E-state index in [1.54, 1.807) is 30.3 Å². The molecule has 3 aromatic rings. The Balaban J connectivity index is 1.77. The number of nitrogens with one attached hydrogen (secondary N) is 2. The van der Waals surface area contributed by atoms with Crippen LogP contribution in [0.25, 0.3) is 0 Å². The van der Waals surface area contributed by atoms with E-state index in [9.17, 15) is 21.6 Å². The second-order valence-corrected chi connectivity index (χ2v) is 9.88. The molecule has 150 valence electrons. The summed E-state index contributed by atoms with van der Waals surface area (Å²) in [6.07, 6.45) is 1.06. The summed E-state index contributed by atoms with van der Waals surface area (Å²) < 4.78 is 50.8. The smallest absolute Gasteiger partial charge is 0.261 e. The van der Waals surface area contributed by atoms with Crippen LogP contribution in [-0.4, -0.2) is 29.0 Å². The monoisotopic (exact) mass is 430 g/mol. The highest BCUT2D eigenvalue weighted by Crippen LogP contribution is 2.22. The summed E-state index contributed by atoms with van der Waals surface area (Å²) in [5, 5.41) is 2.57. The van der Waals surface area contributed by atoms with Crippen molar-refractivity contribution in [1.82, 2.24) is 0 Å². The molecule has 0 fully saturated rings. The summed E-state index contributed by atoms with van der Waals surface area (Å²) in [5.41, 5.74) is 0.715. The maximum absolute atomic E-state index is 12.5. The molecule has 0 aromatic heterocycles. The van der Waals surface area contributed by atoms with Crippen LogP contribution in [0.5, 0.6) is 0 Å². The summed E-state index contributed by atoms with van der Waals surface area (Å²) in [6, 6.07) is 19.8. The number of hydrogen-bond acceptors (Lipinski definition) is 5. The molecule has 0 aliphatic rings. The molecule has 0 unspecified atom stereocenters. The number of para-hydroxylation sites is 1. The average Bonchev–Trinajstić information content (AvgIpc) is 2.68. The van der Waals surface area contributed by atoms with E-state index in [1.165, 1.54) is 48.5 Å². The van der Waals surface area contributed by atoms with E-state index in [1.807, 2.05) is 0 Å². The van der Waals surface area contributed by atoms with Gasteiger partial charge in [-0.3, -0.25) is 9.52 Å². The molecule has 9 heteroatoms. The van der Waals surface area contributed by atoms with E-state index < -0.39 is 25.8 Å². The predicted octanol–water partition coefficient (Wildman–Crippen LogP) is 3.14. The van der Waals surface area contributed by atoms with Crippen molar-refractivity contribution in [3.63, 3.8) is 0 Å². The molecule has 3 aromatic carbocycles. The van der Waals surface area contributed by atoms with Gasteiger partial charge < -0.3 is 5.32 Å². The Labute approximate surface area is 169 Å². The summed E-state index contributed by atoms with van der Waals surface area (Å²) in [5.74, 6) is -0.515. The Morgan fingerprint density at radius 2 is 1.34 bits per heavy atom. The maximum atomic E-state index is 12.5. The van der Waals surface area contributed by atoms with Gasteiger partial charge in [-0.2, -0.15) is 0 Å². The second kappa shape index (κ2) is 8.06. The Bertz CT molecular complexity index is 1240. The molecule has 1 amide bonds. The molecule has 0 atom stereocenters. The van der Waals surface area contributed by atoms with E-state index >= 15 is 0 Å². The van der Waals surface area contributed by atoms with Gasteiger partial charge in [0.05, 0.1) is 15.5 Å². The standard InChI is InChI=1S/C20H18N2O5S2/c1-28(24,25)19-10-6-5-9-18(19)21-20(23)15-11-13-16(14-12-15)22-29(26,27)17-7-3-2-4-8-17/h2-14,22H,1H3,(H,21,23). The molecule has 0 bridgehead atoms. The van der Waals surface area contributed by atoms with Crippen LogP contribution in [0.4, 0.5) is 11.4 Å². The number of hydrogen-bond donors (Lipinski definition) is 2. The van der Waals surface area contributed by atoms with Crippen LogP contribution in [0, 0.1) is 0 Å². The summed E-state index contributed by atoms with van der Waals surface area (Å²) in [4.78, 5) is 12.6. The van der Waals surface area contributed by atoms with Crippen LogP contribution < -0.4 is 10.0 Å². The van der Waals surface area contributed by atoms with Crippen molar-refractivity contribution in [2.75, 3.05) is 16.3 Å². The lowest BCUT2D eigenvalue weighted by Gasteiger charge is -2.11. The first-order chi connectivity index (χ1) is 13.7. The molecule has 0 radical (unpaired) electrons. The van der Waals surface area contributed by atoms with Crippen LogP contribution in [0.15, 0.2) is 88.7 Å². The third-order valence-corrected chi connectivity index (χ3v) is 6.54. The zero-order valence-electron chi connectivity index (χ0n) is 15.4. The predicted molar refractivity (Wildman–Crippen MR) is 111 cm³/mol. The summed E-state index contributed by atoms with van der Waals surface area (Å²) in [7, 11) is -7.24. The fourth-order valence-corrected chi connectivity index (χ4v) is 4.52. The third kappa shape index (κ3) is 5.01. The Morgan fingerprint density at radius 1 is 0.759 bits per heavy atom. The third-order valence-electron chi connectivity index (χ3n) is 3.99. The molecule has 29 heavy (non-hydrogen) atoms. The van der Waals surface area contributed by atoms with Crippen molar-refractivity contribution >= 4 is 37.1 Å². The van der Waals surface area contributed by atoms with Crippen LogP contribution in [0.2, 0.25) is 0 Å². The minimum absolute atomic E-state index is 0.0144. The van der Waals surface area contributed by atoms with Gasteiger partial charge in [0, 0.05) is 17.5 Å². The first kappa shape index (κ1) is 20.6. The number of sulfonamides is 1. The Kier molecular flexibility index (Phi) is 5.71. The van der Waals surface area contributed by atoms with Crippen LogP contribution in [0.3, 0.4) is 0 Å². The first-order valence-corrected chi connectivity index (χ1v) is 11.8. The Morgan fingerprint density at radius 3 is 1.97 bits per heavy atom. The molecule has 3 rings (SSSR count). The average molecular weight is 431 g/mol. The normalized spacial score (nSPS) is 11.6. The fourth-order valence-electron chi connectivity index (χ4n) is 2.59. The van der Waals surface area contributed by atoms with Gasteiger partial charge in [0.1, 0.15) is 0 Å². The highest BCUT2D eigenvalue weighted by Gasteiger charge is 2.16. The number of benzene rings is 3. The number of rotatable bonds is 6. The van der Waals surface area contributed by atoms with Crippen molar-refractivity contribution in [1.29, 1.82) is 0 Å². The first-order valence-electron chi connectivity index (χ1n) is 8.45. The van der Waals surface area contributed by atoms with Gasteiger partial charge in [0.15, 0.2) is 9.84 Å². The van der Waals surface area contributed by atoms with Crippen LogP contribution in [-0.2, 0) is 19.9 Å². The van der Waals surface area contributed by atoms with E-state index in [-0.39, 0.29) is 21.0 Å². The molecule has 2 N–H and O–H groups in total. The van der Waals surface area contributed by atoms with Gasteiger partial charge in [0.25, 0.3) is 15.9 Å². The SMILES string of the molecule is CS(=O)(=O)c1ccccc1NC(=O)c1ccc(NS(=O)(=O)c2ccccc2)cc1.